The third-order valence-corrected chi connectivity index (χ3v) is 5.49. The summed E-state index contributed by atoms with van der Waals surface area (Å²) in [6, 6.07) is 13.9. The highest BCUT2D eigenvalue weighted by Gasteiger charge is 2.24. The van der Waals surface area contributed by atoms with Crippen molar-refractivity contribution in [3.05, 3.63) is 72.4 Å². The molecule has 0 aliphatic carbocycles. The Morgan fingerprint density at radius 3 is 2.81 bits per heavy atom. The molecule has 0 N–H and O–H groups in total. The van der Waals surface area contributed by atoms with Crippen LogP contribution in [0.4, 0.5) is 5.69 Å². The van der Waals surface area contributed by atoms with Gasteiger partial charge in [-0.1, -0.05) is 29.5 Å². The highest BCUT2D eigenvalue weighted by atomic mass is 16.5. The highest BCUT2D eigenvalue weighted by Crippen LogP contribution is 2.30. The molecule has 0 radical (unpaired) electrons. The van der Waals surface area contributed by atoms with Gasteiger partial charge in [0, 0.05) is 24.0 Å². The van der Waals surface area contributed by atoms with Gasteiger partial charge in [0.1, 0.15) is 18.0 Å². The Morgan fingerprint density at radius 1 is 1.13 bits per heavy atom. The number of hydrogen-bond donors (Lipinski definition) is 0. The summed E-state index contributed by atoms with van der Waals surface area (Å²) in [7, 11) is 1.63. The molecule has 0 spiro atoms. The van der Waals surface area contributed by atoms with E-state index in [1.54, 1.807) is 24.3 Å². The third-order valence-electron chi connectivity index (χ3n) is 5.49. The number of carbonyl (C=O) groups is 1. The summed E-state index contributed by atoms with van der Waals surface area (Å²) in [5.74, 6) is 0.707. The van der Waals surface area contributed by atoms with Crippen LogP contribution < -0.4 is 9.64 Å². The van der Waals surface area contributed by atoms with Crippen LogP contribution in [0, 0.1) is 6.92 Å². The van der Waals surface area contributed by atoms with Crippen molar-refractivity contribution in [2.75, 3.05) is 18.6 Å². The number of benzene rings is 2. The molecular formula is C23H22N6O2. The Bertz CT molecular complexity index is 1260. The molecule has 0 unspecified atom stereocenters. The number of fused-ring (bicyclic) bond motifs is 1. The fraction of sp³-hybridized carbons (Fsp3) is 0.217. The van der Waals surface area contributed by atoms with E-state index in [1.165, 1.54) is 5.56 Å². The molecule has 2 aromatic heterocycles. The van der Waals surface area contributed by atoms with Crippen LogP contribution in [0.5, 0.6) is 5.75 Å². The van der Waals surface area contributed by atoms with E-state index in [2.05, 4.69) is 21.4 Å². The summed E-state index contributed by atoms with van der Waals surface area (Å²) in [6.07, 6.45) is 6.37. The molecule has 156 valence electrons. The molecule has 5 rings (SSSR count). The zero-order valence-electron chi connectivity index (χ0n) is 17.4. The molecule has 1 amide bonds. The van der Waals surface area contributed by atoms with E-state index in [9.17, 15) is 4.79 Å². The minimum atomic E-state index is 0.00445. The number of amides is 1. The second-order valence-corrected chi connectivity index (χ2v) is 7.53. The number of carbonyl (C=O) groups excluding carboxylic acids is 1. The molecule has 0 saturated carbocycles. The molecule has 1 aliphatic rings. The number of ether oxygens (including phenoxy) is 1. The number of aromatic nitrogens is 5. The van der Waals surface area contributed by atoms with Crippen molar-refractivity contribution in [2.45, 2.75) is 19.9 Å². The summed E-state index contributed by atoms with van der Waals surface area (Å²) in [5, 5.41) is 8.42. The van der Waals surface area contributed by atoms with Crippen LogP contribution in [-0.2, 0) is 17.8 Å². The first-order chi connectivity index (χ1) is 15.1. The van der Waals surface area contributed by atoms with E-state index in [1.807, 2.05) is 59.0 Å². The fourth-order valence-electron chi connectivity index (χ4n) is 3.93. The molecule has 31 heavy (non-hydrogen) atoms. The van der Waals surface area contributed by atoms with Gasteiger partial charge in [-0.25, -0.2) is 9.67 Å². The van der Waals surface area contributed by atoms with Crippen molar-refractivity contribution in [2.24, 2.45) is 0 Å². The number of para-hydroxylation sites is 1. The lowest BCUT2D eigenvalue weighted by Crippen LogP contribution is -2.32. The first-order valence-electron chi connectivity index (χ1n) is 10.1. The van der Waals surface area contributed by atoms with Crippen LogP contribution in [0.3, 0.4) is 0 Å². The van der Waals surface area contributed by atoms with Gasteiger partial charge in [-0.3, -0.25) is 4.79 Å². The molecule has 4 aromatic rings. The Hall–Kier alpha value is -3.94. The Balaban J connectivity index is 1.35. The van der Waals surface area contributed by atoms with Crippen LogP contribution in [0.2, 0.25) is 0 Å². The van der Waals surface area contributed by atoms with Crippen molar-refractivity contribution < 1.29 is 9.53 Å². The first kappa shape index (κ1) is 19.0. The Labute approximate surface area is 179 Å². The van der Waals surface area contributed by atoms with Crippen LogP contribution >= 0.6 is 0 Å². The lowest BCUT2D eigenvalue weighted by molar-refractivity contribution is -0.119. The molecule has 0 saturated heterocycles. The van der Waals surface area contributed by atoms with Gasteiger partial charge < -0.3 is 14.2 Å². The monoisotopic (exact) mass is 414 g/mol. The minimum Gasteiger partial charge on any atom is -0.495 e. The fourth-order valence-corrected chi connectivity index (χ4v) is 3.93. The summed E-state index contributed by atoms with van der Waals surface area (Å²) in [4.78, 5) is 18.9. The minimum absolute atomic E-state index is 0.00445. The van der Waals surface area contributed by atoms with E-state index in [0.29, 0.717) is 18.0 Å². The van der Waals surface area contributed by atoms with E-state index in [0.717, 1.165) is 29.1 Å². The summed E-state index contributed by atoms with van der Waals surface area (Å²) < 4.78 is 9.08. The normalized spacial score (nSPS) is 12.8. The highest BCUT2D eigenvalue weighted by molar-refractivity contribution is 5.95. The van der Waals surface area contributed by atoms with Gasteiger partial charge in [-0.2, -0.15) is 0 Å². The van der Waals surface area contributed by atoms with Crippen molar-refractivity contribution in [1.82, 2.24) is 24.5 Å². The maximum Gasteiger partial charge on any atom is 0.248 e. The molecular weight excluding hydrogens is 392 g/mol. The maximum absolute atomic E-state index is 12.8. The van der Waals surface area contributed by atoms with Gasteiger partial charge in [-0.15, -0.1) is 5.10 Å². The van der Waals surface area contributed by atoms with Crippen molar-refractivity contribution >= 4 is 11.6 Å². The predicted octanol–water partition coefficient (Wildman–Crippen LogP) is 3.04. The summed E-state index contributed by atoms with van der Waals surface area (Å²) >= 11 is 0. The number of methoxy groups -OCH3 is 1. The van der Waals surface area contributed by atoms with Gasteiger partial charge in [0.15, 0.2) is 0 Å². The second-order valence-electron chi connectivity index (χ2n) is 7.53. The van der Waals surface area contributed by atoms with E-state index in [4.69, 9.17) is 4.74 Å². The molecule has 0 bridgehead atoms. The number of aryl methyl sites for hydroxylation is 1. The van der Waals surface area contributed by atoms with E-state index >= 15 is 0 Å². The van der Waals surface area contributed by atoms with Gasteiger partial charge in [0.05, 0.1) is 31.0 Å². The van der Waals surface area contributed by atoms with Crippen molar-refractivity contribution in [3.8, 4) is 22.7 Å². The van der Waals surface area contributed by atoms with Crippen LogP contribution in [0.15, 0.2) is 61.2 Å². The number of hydrogen-bond acceptors (Lipinski definition) is 5. The summed E-state index contributed by atoms with van der Waals surface area (Å²) in [5.41, 5.74) is 5.56. The molecule has 1 aliphatic heterocycles. The second kappa shape index (κ2) is 7.71. The molecule has 0 atom stereocenters. The zero-order chi connectivity index (χ0) is 21.4. The lowest BCUT2D eigenvalue weighted by atomic mass is 10.1. The first-order valence-corrected chi connectivity index (χ1v) is 10.1. The van der Waals surface area contributed by atoms with Crippen LogP contribution in [-0.4, -0.2) is 44.1 Å². The molecule has 0 fully saturated rings. The summed E-state index contributed by atoms with van der Waals surface area (Å²) in [6.45, 7) is 2.79. The number of rotatable bonds is 5. The quantitative estimate of drug-likeness (QED) is 0.502. The van der Waals surface area contributed by atoms with Crippen LogP contribution in [0.25, 0.3) is 16.9 Å². The Morgan fingerprint density at radius 2 is 2.00 bits per heavy atom. The average molecular weight is 414 g/mol. The zero-order valence-corrected chi connectivity index (χ0v) is 17.4. The Kier molecular flexibility index (Phi) is 4.74. The topological polar surface area (TPSA) is 78.1 Å². The lowest BCUT2D eigenvalue weighted by Gasteiger charge is -2.16. The number of imidazole rings is 1. The molecule has 3 heterocycles. The third kappa shape index (κ3) is 3.56. The van der Waals surface area contributed by atoms with Gasteiger partial charge in [0.25, 0.3) is 0 Å². The number of nitrogens with zero attached hydrogens (tertiary/aromatic N) is 6. The maximum atomic E-state index is 12.8. The molecule has 2 aromatic carbocycles. The van der Waals surface area contributed by atoms with Crippen molar-refractivity contribution in [1.29, 1.82) is 0 Å². The molecule has 8 heteroatoms. The molecule has 8 nitrogen and oxygen atoms in total. The largest absolute Gasteiger partial charge is 0.495 e. The van der Waals surface area contributed by atoms with Gasteiger partial charge in [0.2, 0.25) is 5.91 Å². The van der Waals surface area contributed by atoms with Gasteiger partial charge in [-0.05, 0) is 37.1 Å². The SMILES string of the molecule is COc1cc(-c2cn(CC(=O)N3CCc4ccccc43)nn2)ccc1-n1cnc(C)c1. The van der Waals surface area contributed by atoms with Crippen molar-refractivity contribution in [3.63, 3.8) is 0 Å². The van der Waals surface area contributed by atoms with Gasteiger partial charge >= 0.3 is 0 Å². The van der Waals surface area contributed by atoms with E-state index < -0.39 is 0 Å². The standard InChI is InChI=1S/C23H22N6O2/c1-16-12-27(15-24-16)21-8-7-18(11-22(21)31-2)19-13-28(26-25-19)14-23(30)29-10-9-17-5-3-4-6-20(17)29/h3-8,11-13,15H,9-10,14H2,1-2H3. The van der Waals surface area contributed by atoms with E-state index in [-0.39, 0.29) is 12.5 Å². The average Bonchev–Trinajstić information content (AvgIpc) is 3.53. The van der Waals surface area contributed by atoms with Crippen LogP contribution in [0.1, 0.15) is 11.3 Å². The smallest absolute Gasteiger partial charge is 0.248 e. The predicted molar refractivity (Wildman–Crippen MR) is 116 cm³/mol. The number of anilines is 1.